The Kier molecular flexibility index (Phi) is 5.89. The summed E-state index contributed by atoms with van der Waals surface area (Å²) in [5.41, 5.74) is 0. The summed E-state index contributed by atoms with van der Waals surface area (Å²) in [5.74, 6) is 0. The summed E-state index contributed by atoms with van der Waals surface area (Å²) in [7, 11) is -0.334. The molecule has 2 aromatic rings. The summed E-state index contributed by atoms with van der Waals surface area (Å²) >= 11 is 6.49. The monoisotopic (exact) mass is 290 g/mol. The van der Waals surface area contributed by atoms with Crippen molar-refractivity contribution >= 4 is 30.1 Å². The van der Waals surface area contributed by atoms with Crippen molar-refractivity contribution in [3.8, 4) is 0 Å². The summed E-state index contributed by atoms with van der Waals surface area (Å²) in [5, 5.41) is 3.12. The maximum absolute atomic E-state index is 6.49. The standard InChI is InChI=1S/C17H20ClP/c1-2-9-15(18)14-19(16-10-5-3-6-11-16)17-12-7-4-8-13-17/h3-8,10-13,15H,2,9,14H2,1H3. The molecular formula is C17H20ClP. The van der Waals surface area contributed by atoms with E-state index in [1.54, 1.807) is 0 Å². The maximum Gasteiger partial charge on any atom is 0.0381 e. The highest BCUT2D eigenvalue weighted by atomic mass is 35.5. The fourth-order valence-corrected chi connectivity index (χ4v) is 5.17. The van der Waals surface area contributed by atoms with Crippen molar-refractivity contribution in [2.75, 3.05) is 6.16 Å². The summed E-state index contributed by atoms with van der Waals surface area (Å²) in [6.45, 7) is 2.20. The van der Waals surface area contributed by atoms with E-state index in [1.807, 2.05) is 0 Å². The van der Waals surface area contributed by atoms with E-state index in [9.17, 15) is 0 Å². The minimum Gasteiger partial charge on any atom is -0.123 e. The van der Waals surface area contributed by atoms with Crippen LogP contribution in [0.5, 0.6) is 0 Å². The van der Waals surface area contributed by atoms with E-state index in [4.69, 9.17) is 11.6 Å². The molecule has 0 aliphatic rings. The second-order valence-corrected chi connectivity index (χ2v) is 7.54. The third-order valence-electron chi connectivity index (χ3n) is 3.12. The van der Waals surface area contributed by atoms with Crippen LogP contribution in [-0.2, 0) is 0 Å². The lowest BCUT2D eigenvalue weighted by Gasteiger charge is -2.21. The number of rotatable bonds is 6. The molecule has 2 aromatic carbocycles. The number of alkyl halides is 1. The van der Waals surface area contributed by atoms with Crippen molar-refractivity contribution in [1.29, 1.82) is 0 Å². The van der Waals surface area contributed by atoms with Crippen molar-refractivity contribution in [2.45, 2.75) is 25.1 Å². The third-order valence-corrected chi connectivity index (χ3v) is 6.35. The Morgan fingerprint density at radius 3 is 1.79 bits per heavy atom. The molecule has 1 unspecified atom stereocenters. The zero-order chi connectivity index (χ0) is 13.5. The van der Waals surface area contributed by atoms with E-state index < -0.39 is 0 Å². The van der Waals surface area contributed by atoms with Crippen LogP contribution >= 0.6 is 19.5 Å². The van der Waals surface area contributed by atoms with Gasteiger partial charge < -0.3 is 0 Å². The van der Waals surface area contributed by atoms with Crippen molar-refractivity contribution in [1.82, 2.24) is 0 Å². The lowest BCUT2D eigenvalue weighted by atomic mass is 10.3. The molecule has 0 heterocycles. The Bertz CT molecular complexity index is 430. The van der Waals surface area contributed by atoms with E-state index >= 15 is 0 Å². The van der Waals surface area contributed by atoms with E-state index in [-0.39, 0.29) is 13.3 Å². The molecule has 0 aromatic heterocycles. The van der Waals surface area contributed by atoms with E-state index in [1.165, 1.54) is 10.6 Å². The predicted molar refractivity (Wildman–Crippen MR) is 88.5 cm³/mol. The lowest BCUT2D eigenvalue weighted by molar-refractivity contribution is 0.784. The van der Waals surface area contributed by atoms with Crippen LogP contribution in [0.2, 0.25) is 0 Å². The van der Waals surface area contributed by atoms with Gasteiger partial charge in [-0.05, 0) is 31.1 Å². The molecule has 0 N–H and O–H groups in total. The van der Waals surface area contributed by atoms with Gasteiger partial charge in [-0.25, -0.2) is 0 Å². The van der Waals surface area contributed by atoms with E-state index in [2.05, 4.69) is 67.6 Å². The minimum atomic E-state index is -0.334. The minimum absolute atomic E-state index is 0.275. The second-order valence-electron chi connectivity index (χ2n) is 4.67. The Labute approximate surface area is 122 Å². The average Bonchev–Trinajstić information content (AvgIpc) is 2.47. The molecule has 0 nitrogen and oxygen atoms in total. The van der Waals surface area contributed by atoms with Gasteiger partial charge in [-0.1, -0.05) is 74.0 Å². The Hall–Kier alpha value is -0.840. The van der Waals surface area contributed by atoms with Crippen LogP contribution in [0.15, 0.2) is 60.7 Å². The molecule has 1 atom stereocenters. The van der Waals surface area contributed by atoms with Gasteiger partial charge in [0.1, 0.15) is 0 Å². The molecule has 0 fully saturated rings. The Morgan fingerprint density at radius 1 is 0.895 bits per heavy atom. The molecule has 0 spiro atoms. The molecule has 0 saturated heterocycles. The Balaban J connectivity index is 2.24. The summed E-state index contributed by atoms with van der Waals surface area (Å²) in [6.07, 6.45) is 3.32. The van der Waals surface area contributed by atoms with Crippen molar-refractivity contribution in [2.24, 2.45) is 0 Å². The van der Waals surface area contributed by atoms with Gasteiger partial charge in [0.05, 0.1) is 0 Å². The molecule has 100 valence electrons. The normalized spacial score (nSPS) is 12.6. The molecule has 19 heavy (non-hydrogen) atoms. The molecule has 2 heteroatoms. The molecule has 0 bridgehead atoms. The molecule has 0 aliphatic carbocycles. The summed E-state index contributed by atoms with van der Waals surface area (Å²) < 4.78 is 0. The third kappa shape index (κ3) is 4.34. The highest BCUT2D eigenvalue weighted by Gasteiger charge is 2.17. The van der Waals surface area contributed by atoms with Crippen LogP contribution < -0.4 is 10.6 Å². The van der Waals surface area contributed by atoms with Crippen LogP contribution in [0.25, 0.3) is 0 Å². The van der Waals surface area contributed by atoms with Gasteiger partial charge in [0.25, 0.3) is 0 Å². The van der Waals surface area contributed by atoms with Gasteiger partial charge in [-0.15, -0.1) is 11.6 Å². The smallest absolute Gasteiger partial charge is 0.0381 e. The topological polar surface area (TPSA) is 0 Å². The van der Waals surface area contributed by atoms with Gasteiger partial charge >= 0.3 is 0 Å². The average molecular weight is 291 g/mol. The SMILES string of the molecule is CCCC(Cl)CP(c1ccccc1)c1ccccc1. The first-order valence-corrected chi connectivity index (χ1v) is 8.79. The number of halogens is 1. The summed E-state index contributed by atoms with van der Waals surface area (Å²) in [6, 6.07) is 21.6. The first-order valence-electron chi connectivity index (χ1n) is 6.83. The van der Waals surface area contributed by atoms with Crippen molar-refractivity contribution in [3.05, 3.63) is 60.7 Å². The Morgan fingerprint density at radius 2 is 1.37 bits per heavy atom. The summed E-state index contributed by atoms with van der Waals surface area (Å²) in [4.78, 5) is 0. The van der Waals surface area contributed by atoms with Crippen LogP contribution in [0.1, 0.15) is 19.8 Å². The van der Waals surface area contributed by atoms with Crippen LogP contribution in [0.3, 0.4) is 0 Å². The quantitative estimate of drug-likeness (QED) is 0.542. The first-order chi connectivity index (χ1) is 9.31. The van der Waals surface area contributed by atoms with Crippen LogP contribution in [0.4, 0.5) is 0 Å². The van der Waals surface area contributed by atoms with E-state index in [0.29, 0.717) is 0 Å². The lowest BCUT2D eigenvalue weighted by Crippen LogP contribution is -2.18. The fourth-order valence-electron chi connectivity index (χ4n) is 2.18. The van der Waals surface area contributed by atoms with Gasteiger partial charge in [-0.2, -0.15) is 0 Å². The van der Waals surface area contributed by atoms with Crippen LogP contribution in [0, 0.1) is 0 Å². The van der Waals surface area contributed by atoms with Crippen molar-refractivity contribution < 1.29 is 0 Å². The number of hydrogen-bond acceptors (Lipinski definition) is 0. The highest BCUT2D eigenvalue weighted by molar-refractivity contribution is 7.73. The van der Waals surface area contributed by atoms with Crippen LogP contribution in [-0.4, -0.2) is 11.5 Å². The molecule has 0 saturated carbocycles. The number of benzene rings is 2. The molecule has 0 radical (unpaired) electrons. The molecular weight excluding hydrogens is 271 g/mol. The van der Waals surface area contributed by atoms with Gasteiger partial charge in [0.2, 0.25) is 0 Å². The van der Waals surface area contributed by atoms with E-state index in [0.717, 1.165) is 19.0 Å². The molecule has 2 rings (SSSR count). The fraction of sp³-hybridized carbons (Fsp3) is 0.294. The zero-order valence-electron chi connectivity index (χ0n) is 11.3. The van der Waals surface area contributed by atoms with Gasteiger partial charge in [0, 0.05) is 5.38 Å². The first kappa shape index (κ1) is 14.6. The molecule has 0 amide bonds. The molecule has 0 aliphatic heterocycles. The predicted octanol–water partition coefficient (Wildman–Crippen LogP) is 4.53. The maximum atomic E-state index is 6.49. The van der Waals surface area contributed by atoms with Crippen molar-refractivity contribution in [3.63, 3.8) is 0 Å². The largest absolute Gasteiger partial charge is 0.123 e. The number of hydrogen-bond donors (Lipinski definition) is 0. The highest BCUT2D eigenvalue weighted by Crippen LogP contribution is 2.36. The van der Waals surface area contributed by atoms with Gasteiger partial charge in [0.15, 0.2) is 0 Å². The second kappa shape index (κ2) is 7.68. The van der Waals surface area contributed by atoms with Gasteiger partial charge in [-0.3, -0.25) is 0 Å². The zero-order valence-corrected chi connectivity index (χ0v) is 12.9.